The van der Waals surface area contributed by atoms with Gasteiger partial charge in [0.15, 0.2) is 5.16 Å². The summed E-state index contributed by atoms with van der Waals surface area (Å²) in [6.45, 7) is 6.32. The van der Waals surface area contributed by atoms with Crippen LogP contribution in [-0.2, 0) is 16.1 Å². The number of fused-ring (bicyclic) bond motifs is 1. The second-order valence-corrected chi connectivity index (χ2v) is 8.66. The fraction of sp³-hybridized carbons (Fsp3) is 0.375. The number of anilines is 1. The van der Waals surface area contributed by atoms with Gasteiger partial charge in [-0.05, 0) is 31.2 Å². The molecule has 0 aliphatic carbocycles. The lowest BCUT2D eigenvalue weighted by atomic mass is 10.2. The molecule has 7 nitrogen and oxygen atoms in total. The second kappa shape index (κ2) is 10.5. The van der Waals surface area contributed by atoms with Gasteiger partial charge in [0, 0.05) is 51.4 Å². The summed E-state index contributed by atoms with van der Waals surface area (Å²) < 4.78 is 2.12. The number of benzene rings is 2. The molecule has 0 atom stereocenters. The van der Waals surface area contributed by atoms with Crippen LogP contribution in [0.3, 0.4) is 0 Å². The quantitative estimate of drug-likeness (QED) is 0.533. The number of thioether (sulfide) groups is 1. The summed E-state index contributed by atoms with van der Waals surface area (Å²) in [5, 5.41) is 3.72. The molecule has 2 amide bonds. The minimum Gasteiger partial charge on any atom is -0.368 e. The maximum absolute atomic E-state index is 12.5. The summed E-state index contributed by atoms with van der Waals surface area (Å²) in [7, 11) is 0. The zero-order chi connectivity index (χ0) is 22.3. The lowest BCUT2D eigenvalue weighted by Gasteiger charge is -2.36. The van der Waals surface area contributed by atoms with Gasteiger partial charge in [0.2, 0.25) is 11.8 Å². The average molecular weight is 452 g/mol. The molecule has 1 aliphatic heterocycles. The highest BCUT2D eigenvalue weighted by Crippen LogP contribution is 2.23. The maximum atomic E-state index is 12.5. The number of rotatable bonds is 8. The van der Waals surface area contributed by atoms with Gasteiger partial charge in [-0.15, -0.1) is 0 Å². The summed E-state index contributed by atoms with van der Waals surface area (Å²) in [5.41, 5.74) is 3.21. The van der Waals surface area contributed by atoms with Crippen LogP contribution < -0.4 is 10.2 Å². The van der Waals surface area contributed by atoms with E-state index in [0.29, 0.717) is 26.1 Å². The lowest BCUT2D eigenvalue weighted by Crippen LogP contribution is -2.49. The van der Waals surface area contributed by atoms with Gasteiger partial charge in [0.05, 0.1) is 16.8 Å². The summed E-state index contributed by atoms with van der Waals surface area (Å²) >= 11 is 1.43. The first kappa shape index (κ1) is 22.2. The Morgan fingerprint density at radius 3 is 2.47 bits per heavy atom. The van der Waals surface area contributed by atoms with E-state index in [1.165, 1.54) is 17.4 Å². The third-order valence-electron chi connectivity index (χ3n) is 5.68. The molecule has 8 heteroatoms. The molecule has 168 valence electrons. The topological polar surface area (TPSA) is 70.5 Å². The van der Waals surface area contributed by atoms with Crippen LogP contribution in [0.25, 0.3) is 11.0 Å². The average Bonchev–Trinajstić information content (AvgIpc) is 3.21. The standard InChI is InChI=1S/C24H29N5O2S/c1-2-29-21-11-7-6-10-20(21)26-24(29)32-18-22(30)25-13-12-23(31)28-16-14-27(15-17-28)19-8-4-3-5-9-19/h3-11H,2,12-18H2,1H3,(H,25,30). The molecule has 1 fully saturated rings. The molecule has 1 aliphatic rings. The Bertz CT molecular complexity index is 1060. The zero-order valence-electron chi connectivity index (χ0n) is 18.4. The van der Waals surface area contributed by atoms with Gasteiger partial charge in [-0.25, -0.2) is 4.98 Å². The van der Waals surface area contributed by atoms with Crippen molar-refractivity contribution in [2.24, 2.45) is 0 Å². The smallest absolute Gasteiger partial charge is 0.230 e. The monoisotopic (exact) mass is 451 g/mol. The number of amides is 2. The van der Waals surface area contributed by atoms with E-state index in [4.69, 9.17) is 0 Å². The molecule has 1 aromatic heterocycles. The number of piperazine rings is 1. The van der Waals surface area contributed by atoms with Crippen molar-refractivity contribution < 1.29 is 9.59 Å². The minimum absolute atomic E-state index is 0.0774. The number of aromatic nitrogens is 2. The molecule has 2 aromatic carbocycles. The van der Waals surface area contributed by atoms with Crippen LogP contribution in [0, 0.1) is 0 Å². The zero-order valence-corrected chi connectivity index (χ0v) is 19.2. The normalized spacial score (nSPS) is 14.0. The van der Waals surface area contributed by atoms with Crippen LogP contribution in [0.5, 0.6) is 0 Å². The number of carbonyl (C=O) groups excluding carboxylic acids is 2. The summed E-state index contributed by atoms with van der Waals surface area (Å²) in [5.74, 6) is 0.303. The molecule has 0 bridgehead atoms. The lowest BCUT2D eigenvalue weighted by molar-refractivity contribution is -0.131. The van der Waals surface area contributed by atoms with Crippen molar-refractivity contribution >= 4 is 40.3 Å². The number of imidazole rings is 1. The van der Waals surface area contributed by atoms with Crippen molar-refractivity contribution in [1.82, 2.24) is 19.8 Å². The number of para-hydroxylation sites is 3. The Balaban J connectivity index is 1.18. The molecule has 32 heavy (non-hydrogen) atoms. The fourth-order valence-corrected chi connectivity index (χ4v) is 4.88. The highest BCUT2D eigenvalue weighted by Gasteiger charge is 2.21. The first-order chi connectivity index (χ1) is 15.7. The Hall–Kier alpha value is -3.00. The van der Waals surface area contributed by atoms with Crippen LogP contribution in [0.2, 0.25) is 0 Å². The molecular weight excluding hydrogens is 422 g/mol. The van der Waals surface area contributed by atoms with Gasteiger partial charge in [-0.3, -0.25) is 9.59 Å². The van der Waals surface area contributed by atoms with Crippen LogP contribution >= 0.6 is 11.8 Å². The number of nitrogens with zero attached hydrogens (tertiary/aromatic N) is 4. The number of aryl methyl sites for hydroxylation is 1. The largest absolute Gasteiger partial charge is 0.368 e. The molecule has 4 rings (SSSR count). The maximum Gasteiger partial charge on any atom is 0.230 e. The molecule has 1 N–H and O–H groups in total. The van der Waals surface area contributed by atoms with Gasteiger partial charge in [-0.2, -0.15) is 0 Å². The third-order valence-corrected chi connectivity index (χ3v) is 6.66. The number of nitrogens with one attached hydrogen (secondary N) is 1. The van der Waals surface area contributed by atoms with Crippen molar-refractivity contribution in [2.45, 2.75) is 25.0 Å². The van der Waals surface area contributed by atoms with E-state index in [1.54, 1.807) is 0 Å². The summed E-state index contributed by atoms with van der Waals surface area (Å²) in [4.78, 5) is 33.6. The van der Waals surface area contributed by atoms with E-state index in [-0.39, 0.29) is 17.6 Å². The SMILES string of the molecule is CCn1c(SCC(=O)NCCC(=O)N2CCN(c3ccccc3)CC2)nc2ccccc21. The molecule has 3 aromatic rings. The van der Waals surface area contributed by atoms with Crippen LogP contribution in [0.1, 0.15) is 13.3 Å². The number of hydrogen-bond donors (Lipinski definition) is 1. The van der Waals surface area contributed by atoms with Gasteiger partial charge >= 0.3 is 0 Å². The first-order valence-electron chi connectivity index (χ1n) is 11.1. The van der Waals surface area contributed by atoms with Gasteiger partial charge in [0.1, 0.15) is 0 Å². The predicted molar refractivity (Wildman–Crippen MR) is 129 cm³/mol. The van der Waals surface area contributed by atoms with Crippen molar-refractivity contribution in [3.05, 3.63) is 54.6 Å². The van der Waals surface area contributed by atoms with Crippen LogP contribution in [-0.4, -0.2) is 64.7 Å². The van der Waals surface area contributed by atoms with E-state index in [2.05, 4.69) is 38.8 Å². The van der Waals surface area contributed by atoms with E-state index in [9.17, 15) is 9.59 Å². The molecule has 2 heterocycles. The molecule has 0 radical (unpaired) electrons. The van der Waals surface area contributed by atoms with Crippen LogP contribution in [0.4, 0.5) is 5.69 Å². The molecule has 0 spiro atoms. The van der Waals surface area contributed by atoms with Gasteiger partial charge in [0.25, 0.3) is 0 Å². The van der Waals surface area contributed by atoms with E-state index >= 15 is 0 Å². The Morgan fingerprint density at radius 1 is 1.00 bits per heavy atom. The van der Waals surface area contributed by atoms with Crippen molar-refractivity contribution in [3.63, 3.8) is 0 Å². The van der Waals surface area contributed by atoms with Gasteiger partial charge < -0.3 is 19.7 Å². The minimum atomic E-state index is -0.0774. The number of carbonyl (C=O) groups is 2. The fourth-order valence-electron chi connectivity index (χ4n) is 3.97. The highest BCUT2D eigenvalue weighted by atomic mass is 32.2. The number of hydrogen-bond acceptors (Lipinski definition) is 5. The third kappa shape index (κ3) is 5.24. The van der Waals surface area contributed by atoms with E-state index in [0.717, 1.165) is 35.8 Å². The molecule has 0 unspecified atom stereocenters. The first-order valence-corrected chi connectivity index (χ1v) is 12.1. The van der Waals surface area contributed by atoms with E-state index in [1.807, 2.05) is 47.4 Å². The van der Waals surface area contributed by atoms with E-state index < -0.39 is 0 Å². The Kier molecular flexibility index (Phi) is 7.32. The summed E-state index contributed by atoms with van der Waals surface area (Å²) in [6, 6.07) is 18.3. The van der Waals surface area contributed by atoms with Crippen molar-refractivity contribution in [2.75, 3.05) is 43.4 Å². The molecule has 1 saturated heterocycles. The second-order valence-electron chi connectivity index (χ2n) is 7.72. The Labute approximate surface area is 192 Å². The van der Waals surface area contributed by atoms with Gasteiger partial charge in [-0.1, -0.05) is 42.1 Å². The summed E-state index contributed by atoms with van der Waals surface area (Å²) in [6.07, 6.45) is 0.329. The Morgan fingerprint density at radius 2 is 1.72 bits per heavy atom. The highest BCUT2D eigenvalue weighted by molar-refractivity contribution is 7.99. The molecular formula is C24H29N5O2S. The van der Waals surface area contributed by atoms with Crippen molar-refractivity contribution in [3.8, 4) is 0 Å². The van der Waals surface area contributed by atoms with Crippen LogP contribution in [0.15, 0.2) is 59.8 Å². The van der Waals surface area contributed by atoms with Crippen molar-refractivity contribution in [1.29, 1.82) is 0 Å². The molecule has 0 saturated carbocycles. The predicted octanol–water partition coefficient (Wildman–Crippen LogP) is 3.00.